The van der Waals surface area contributed by atoms with Crippen molar-refractivity contribution >= 4 is 35.3 Å². The Morgan fingerprint density at radius 1 is 0.956 bits per heavy atom. The van der Waals surface area contributed by atoms with Crippen LogP contribution in [0.2, 0.25) is 0 Å². The van der Waals surface area contributed by atoms with Crippen LogP contribution in [0.5, 0.6) is 0 Å². The first-order valence-electron chi connectivity index (χ1n) is 16.2. The van der Waals surface area contributed by atoms with Crippen LogP contribution in [0.25, 0.3) is 6.08 Å². The molecule has 2 heterocycles. The summed E-state index contributed by atoms with van der Waals surface area (Å²) >= 11 is 1.66. The van der Waals surface area contributed by atoms with Crippen LogP contribution in [0.15, 0.2) is 71.6 Å². The number of anilines is 1. The van der Waals surface area contributed by atoms with E-state index in [0.29, 0.717) is 27.8 Å². The zero-order chi connectivity index (χ0) is 31.3. The van der Waals surface area contributed by atoms with Gasteiger partial charge in [0.1, 0.15) is 5.82 Å². The van der Waals surface area contributed by atoms with Crippen molar-refractivity contribution in [2.75, 3.05) is 44.2 Å². The molecule has 236 valence electrons. The fraction of sp³-hybridized carbons (Fsp3) is 0.405. The van der Waals surface area contributed by atoms with E-state index in [2.05, 4.69) is 47.2 Å². The fourth-order valence-electron chi connectivity index (χ4n) is 6.77. The maximum atomic E-state index is 14.5. The summed E-state index contributed by atoms with van der Waals surface area (Å²) in [5.74, 6) is -0.401. The lowest BCUT2D eigenvalue weighted by molar-refractivity contribution is -0.130. The molecular weight excluding hydrogens is 583 g/mol. The number of piperazine rings is 1. The Balaban J connectivity index is 1.03. The van der Waals surface area contributed by atoms with Crippen LogP contribution in [0.4, 0.5) is 10.1 Å². The van der Waals surface area contributed by atoms with Crippen LogP contribution in [-0.4, -0.2) is 72.2 Å². The molecule has 1 N–H and O–H groups in total. The minimum atomic E-state index is -0.272. The van der Waals surface area contributed by atoms with E-state index in [1.54, 1.807) is 23.9 Å². The van der Waals surface area contributed by atoms with Gasteiger partial charge >= 0.3 is 0 Å². The minimum absolute atomic E-state index is 0.0388. The third kappa shape index (κ3) is 7.28. The van der Waals surface area contributed by atoms with E-state index in [9.17, 15) is 14.0 Å². The number of fused-ring (bicyclic) bond motifs is 1. The third-order valence-electron chi connectivity index (χ3n) is 9.59. The first-order chi connectivity index (χ1) is 21.9. The monoisotopic (exact) mass is 626 g/mol. The molecule has 2 amide bonds. The van der Waals surface area contributed by atoms with E-state index in [1.165, 1.54) is 22.9 Å². The second-order valence-corrected chi connectivity index (χ2v) is 13.7. The molecule has 0 bridgehead atoms. The van der Waals surface area contributed by atoms with Gasteiger partial charge in [-0.25, -0.2) is 4.39 Å². The molecule has 2 atom stereocenters. The second kappa shape index (κ2) is 14.2. The molecular formula is C37H43FN4O2S. The Kier molecular flexibility index (Phi) is 9.91. The van der Waals surface area contributed by atoms with Crippen LogP contribution < -0.4 is 10.2 Å². The Labute approximate surface area is 270 Å². The molecule has 3 aliphatic rings. The molecule has 3 aromatic carbocycles. The Bertz CT molecular complexity index is 1550. The molecule has 0 spiro atoms. The van der Waals surface area contributed by atoms with E-state index < -0.39 is 0 Å². The van der Waals surface area contributed by atoms with Gasteiger partial charge in [0.2, 0.25) is 0 Å². The SMILES string of the molecule is Cc1cccc(N2CCN(CCNC(=O)c3ccc(/C=C4/SC5CCCCC5N(Cc5ccccc5F)C4=O)cc3)CC2)c1C. The van der Waals surface area contributed by atoms with E-state index in [4.69, 9.17) is 0 Å². The summed E-state index contributed by atoms with van der Waals surface area (Å²) in [5, 5.41) is 3.39. The van der Waals surface area contributed by atoms with Crippen LogP contribution in [0.3, 0.4) is 0 Å². The predicted octanol–water partition coefficient (Wildman–Crippen LogP) is 6.42. The smallest absolute Gasteiger partial charge is 0.260 e. The van der Waals surface area contributed by atoms with Crippen LogP contribution in [-0.2, 0) is 11.3 Å². The molecule has 6 nitrogen and oxygen atoms in total. The van der Waals surface area contributed by atoms with E-state index in [0.717, 1.165) is 64.0 Å². The second-order valence-electron chi connectivity index (χ2n) is 12.5. The van der Waals surface area contributed by atoms with Crippen molar-refractivity contribution < 1.29 is 14.0 Å². The number of carbonyl (C=O) groups is 2. The van der Waals surface area contributed by atoms with E-state index in [-0.39, 0.29) is 30.2 Å². The van der Waals surface area contributed by atoms with Crippen LogP contribution in [0.1, 0.15) is 58.3 Å². The standard InChI is InChI=1S/C37H43FN4O2S/c1-26-8-7-12-32(27(26)2)41-22-20-40(21-23-41)19-18-39-36(43)29-16-14-28(15-17-29)24-35-37(44)42(25-30-9-3-4-10-31(30)38)33-11-5-6-13-34(33)45-35/h3-4,7-10,12,14-17,24,33-34H,5-6,11,13,18-23,25H2,1-2H3,(H,39,43)/b35-24+. The number of aryl methyl sites for hydroxylation is 1. The van der Waals surface area contributed by atoms with Gasteiger partial charge in [0.05, 0.1) is 4.91 Å². The van der Waals surface area contributed by atoms with Crippen LogP contribution in [0, 0.1) is 19.7 Å². The van der Waals surface area contributed by atoms with Gasteiger partial charge in [-0.2, -0.15) is 0 Å². The molecule has 2 saturated heterocycles. The highest BCUT2D eigenvalue weighted by Crippen LogP contribution is 2.43. The van der Waals surface area contributed by atoms with E-state index >= 15 is 0 Å². The number of rotatable bonds is 8. The van der Waals surface area contributed by atoms with Gasteiger partial charge in [-0.3, -0.25) is 14.5 Å². The zero-order valence-corrected chi connectivity index (χ0v) is 27.1. The zero-order valence-electron chi connectivity index (χ0n) is 26.3. The first kappa shape index (κ1) is 31.4. The number of hydrogen-bond acceptors (Lipinski definition) is 5. The predicted molar refractivity (Wildman–Crippen MR) is 182 cm³/mol. The third-order valence-corrected chi connectivity index (χ3v) is 11.0. The van der Waals surface area contributed by atoms with Crippen molar-refractivity contribution in [2.24, 2.45) is 0 Å². The maximum absolute atomic E-state index is 14.5. The van der Waals surface area contributed by atoms with Gasteiger partial charge in [-0.05, 0) is 73.7 Å². The molecule has 0 radical (unpaired) electrons. The summed E-state index contributed by atoms with van der Waals surface area (Å²) in [6.45, 7) is 9.98. The highest BCUT2D eigenvalue weighted by molar-refractivity contribution is 8.04. The average molecular weight is 627 g/mol. The molecule has 0 aromatic heterocycles. The van der Waals surface area contributed by atoms with Crippen molar-refractivity contribution in [3.05, 3.63) is 105 Å². The molecule has 45 heavy (non-hydrogen) atoms. The number of amides is 2. The fourth-order valence-corrected chi connectivity index (χ4v) is 8.25. The Hall–Kier alpha value is -3.62. The summed E-state index contributed by atoms with van der Waals surface area (Å²) in [6.07, 6.45) is 6.17. The van der Waals surface area contributed by atoms with Gasteiger partial charge < -0.3 is 15.1 Å². The summed E-state index contributed by atoms with van der Waals surface area (Å²) < 4.78 is 14.5. The number of carbonyl (C=O) groups excluding carboxylic acids is 2. The number of thioether (sulfide) groups is 1. The molecule has 8 heteroatoms. The molecule has 3 aromatic rings. The Morgan fingerprint density at radius 2 is 1.71 bits per heavy atom. The summed E-state index contributed by atoms with van der Waals surface area (Å²) in [4.78, 5) is 34.0. The van der Waals surface area contributed by atoms with Crippen LogP contribution >= 0.6 is 11.8 Å². The summed E-state index contributed by atoms with van der Waals surface area (Å²) in [6, 6.07) is 20.8. The topological polar surface area (TPSA) is 55.9 Å². The van der Waals surface area contributed by atoms with Crippen molar-refractivity contribution in [1.82, 2.24) is 15.1 Å². The highest BCUT2D eigenvalue weighted by atomic mass is 32.2. The van der Waals surface area contributed by atoms with Gasteiger partial charge in [-0.15, -0.1) is 11.8 Å². The van der Waals surface area contributed by atoms with E-state index in [1.807, 2.05) is 41.3 Å². The molecule has 2 aliphatic heterocycles. The highest BCUT2D eigenvalue weighted by Gasteiger charge is 2.40. The molecule has 1 aliphatic carbocycles. The minimum Gasteiger partial charge on any atom is -0.369 e. The van der Waals surface area contributed by atoms with Crippen molar-refractivity contribution in [2.45, 2.75) is 57.4 Å². The maximum Gasteiger partial charge on any atom is 0.260 e. The summed E-state index contributed by atoms with van der Waals surface area (Å²) in [7, 11) is 0. The van der Waals surface area contributed by atoms with Gasteiger partial charge in [0.15, 0.2) is 0 Å². The number of hydrogen-bond donors (Lipinski definition) is 1. The molecule has 1 saturated carbocycles. The van der Waals surface area contributed by atoms with Gasteiger partial charge in [0.25, 0.3) is 11.8 Å². The number of nitrogens with one attached hydrogen (secondary N) is 1. The first-order valence-corrected chi connectivity index (χ1v) is 17.1. The van der Waals surface area contributed by atoms with Gasteiger partial charge in [-0.1, -0.05) is 55.3 Å². The van der Waals surface area contributed by atoms with Crippen molar-refractivity contribution in [3.8, 4) is 0 Å². The Morgan fingerprint density at radius 3 is 2.49 bits per heavy atom. The lowest BCUT2D eigenvalue weighted by Gasteiger charge is -2.44. The molecule has 6 rings (SSSR count). The molecule has 3 fully saturated rings. The number of benzene rings is 3. The average Bonchev–Trinajstić information content (AvgIpc) is 3.06. The number of halogens is 1. The molecule has 2 unspecified atom stereocenters. The largest absolute Gasteiger partial charge is 0.369 e. The quantitative estimate of drug-likeness (QED) is 0.293. The van der Waals surface area contributed by atoms with Gasteiger partial charge in [0, 0.05) is 73.9 Å². The lowest BCUT2D eigenvalue weighted by atomic mass is 9.92. The van der Waals surface area contributed by atoms with Crippen molar-refractivity contribution in [3.63, 3.8) is 0 Å². The lowest BCUT2D eigenvalue weighted by Crippen LogP contribution is -2.50. The summed E-state index contributed by atoms with van der Waals surface area (Å²) in [5.41, 5.74) is 6.04. The normalized spacial score (nSPS) is 21.6. The number of nitrogens with zero attached hydrogens (tertiary/aromatic N) is 3. The van der Waals surface area contributed by atoms with Crippen molar-refractivity contribution in [1.29, 1.82) is 0 Å².